The van der Waals surface area contributed by atoms with Crippen molar-refractivity contribution in [3.63, 3.8) is 0 Å². The van der Waals surface area contributed by atoms with E-state index in [9.17, 15) is 0 Å². The first kappa shape index (κ1) is 23.2. The lowest BCUT2D eigenvalue weighted by atomic mass is 10.1. The molecule has 0 bridgehead atoms. The third-order valence-electron chi connectivity index (χ3n) is 5.06. The number of aliphatic imine (C=N–C) groups is 1. The molecule has 0 spiro atoms. The summed E-state index contributed by atoms with van der Waals surface area (Å²) >= 11 is 0. The van der Waals surface area contributed by atoms with Gasteiger partial charge in [-0.15, -0.1) is 0 Å². The van der Waals surface area contributed by atoms with Gasteiger partial charge in [-0.2, -0.15) is 0 Å². The molecule has 3 heteroatoms. The van der Waals surface area contributed by atoms with Crippen LogP contribution in [0.3, 0.4) is 0 Å². The summed E-state index contributed by atoms with van der Waals surface area (Å²) < 4.78 is 5.53. The molecule has 1 heterocycles. The van der Waals surface area contributed by atoms with E-state index in [2.05, 4.69) is 24.1 Å². The van der Waals surface area contributed by atoms with Gasteiger partial charge in [0.1, 0.15) is 6.61 Å². The van der Waals surface area contributed by atoms with Crippen LogP contribution in [0.2, 0.25) is 0 Å². The van der Waals surface area contributed by atoms with Crippen LogP contribution in [0.25, 0.3) is 0 Å². The van der Waals surface area contributed by atoms with Crippen LogP contribution in [-0.4, -0.2) is 30.3 Å². The van der Waals surface area contributed by atoms with Crippen molar-refractivity contribution in [2.24, 2.45) is 4.99 Å². The van der Waals surface area contributed by atoms with Gasteiger partial charge in [0, 0.05) is 13.0 Å². The molecule has 152 valence electrons. The summed E-state index contributed by atoms with van der Waals surface area (Å²) in [5.41, 5.74) is 0. The summed E-state index contributed by atoms with van der Waals surface area (Å²) in [5, 5.41) is 8.72. The van der Waals surface area contributed by atoms with Gasteiger partial charge >= 0.3 is 0 Å². The lowest BCUT2D eigenvalue weighted by Gasteiger charge is -2.02. The third kappa shape index (κ3) is 14.4. The lowest BCUT2D eigenvalue weighted by molar-refractivity contribution is 0.282. The predicted molar refractivity (Wildman–Crippen MR) is 113 cm³/mol. The molecule has 0 radical (unpaired) electrons. The van der Waals surface area contributed by atoms with Crippen molar-refractivity contribution in [2.75, 3.05) is 13.2 Å². The van der Waals surface area contributed by atoms with Crippen LogP contribution in [-0.2, 0) is 4.74 Å². The van der Waals surface area contributed by atoms with Gasteiger partial charge in [0.2, 0.25) is 0 Å². The molecule has 1 N–H and O–H groups in total. The highest BCUT2D eigenvalue weighted by atomic mass is 16.5. The highest BCUT2D eigenvalue weighted by Gasteiger charge is 2.12. The molecular weight excluding hydrogens is 322 g/mol. The number of ether oxygens (including phenoxy) is 1. The van der Waals surface area contributed by atoms with Crippen molar-refractivity contribution >= 4 is 5.90 Å². The van der Waals surface area contributed by atoms with E-state index in [1.165, 1.54) is 89.9 Å². The normalized spacial score (nSPS) is 17.0. The zero-order valence-electron chi connectivity index (χ0n) is 17.3. The van der Waals surface area contributed by atoms with Crippen molar-refractivity contribution < 1.29 is 9.84 Å². The number of aliphatic hydroxyl groups excluding tert-OH is 1. The van der Waals surface area contributed by atoms with Crippen LogP contribution >= 0.6 is 0 Å². The monoisotopic (exact) mass is 365 g/mol. The minimum absolute atomic E-state index is 0.357. The molecule has 1 unspecified atom stereocenters. The summed E-state index contributed by atoms with van der Waals surface area (Å²) in [6.45, 7) is 3.26. The fraction of sp³-hybridized carbons (Fsp3) is 0.870. The zero-order chi connectivity index (χ0) is 18.7. The largest absolute Gasteiger partial charge is 0.479 e. The Balaban J connectivity index is 1.72. The number of allylic oxidation sites excluding steroid dienone is 2. The van der Waals surface area contributed by atoms with Gasteiger partial charge in [-0.25, -0.2) is 4.99 Å². The van der Waals surface area contributed by atoms with Gasteiger partial charge in [0.25, 0.3) is 0 Å². The summed E-state index contributed by atoms with van der Waals surface area (Å²) in [5.74, 6) is 0.990. The maximum absolute atomic E-state index is 8.72. The van der Waals surface area contributed by atoms with E-state index >= 15 is 0 Å². The minimum atomic E-state index is 0.357. The van der Waals surface area contributed by atoms with E-state index in [0.29, 0.717) is 12.6 Å². The number of unbranched alkanes of at least 4 members (excludes halogenated alkanes) is 13. The van der Waals surface area contributed by atoms with Crippen molar-refractivity contribution in [2.45, 2.75) is 116 Å². The fourth-order valence-electron chi connectivity index (χ4n) is 3.41. The Bertz CT molecular complexity index is 365. The average Bonchev–Trinajstić information content (AvgIpc) is 3.06. The first-order chi connectivity index (χ1) is 12.8. The summed E-state index contributed by atoms with van der Waals surface area (Å²) in [7, 11) is 0. The van der Waals surface area contributed by atoms with Crippen LogP contribution in [0, 0.1) is 0 Å². The molecule has 0 aromatic heterocycles. The number of nitrogens with zero attached hydrogens (tertiary/aromatic N) is 1. The molecule has 0 saturated carbocycles. The SMILES string of the molecule is CC1COC(CCCCCCCCC=CCCCCCCCCCO)=N1. The Morgan fingerprint density at radius 3 is 1.81 bits per heavy atom. The van der Waals surface area contributed by atoms with Crippen LogP contribution in [0.4, 0.5) is 0 Å². The maximum Gasteiger partial charge on any atom is 0.183 e. The molecule has 3 nitrogen and oxygen atoms in total. The van der Waals surface area contributed by atoms with Gasteiger partial charge in [0.15, 0.2) is 5.90 Å². The summed E-state index contributed by atoms with van der Waals surface area (Å²) in [6, 6.07) is 0.375. The average molecular weight is 366 g/mol. The first-order valence-corrected chi connectivity index (χ1v) is 11.3. The van der Waals surface area contributed by atoms with E-state index in [4.69, 9.17) is 9.84 Å². The van der Waals surface area contributed by atoms with Gasteiger partial charge in [-0.1, -0.05) is 69.9 Å². The Morgan fingerprint density at radius 2 is 1.31 bits per heavy atom. The Labute approximate surface area is 162 Å². The molecule has 26 heavy (non-hydrogen) atoms. The standard InChI is InChI=1S/C23H43NO2/c1-22-21-26-23(24-22)19-17-15-13-11-9-7-5-3-2-4-6-8-10-12-14-16-18-20-25/h2-3,22,25H,4-21H2,1H3. The van der Waals surface area contributed by atoms with Crippen molar-refractivity contribution in [1.29, 1.82) is 0 Å². The molecule has 0 amide bonds. The van der Waals surface area contributed by atoms with Crippen LogP contribution < -0.4 is 0 Å². The number of rotatable bonds is 18. The van der Waals surface area contributed by atoms with E-state index in [1.807, 2.05) is 0 Å². The molecule has 0 saturated heterocycles. The minimum Gasteiger partial charge on any atom is -0.479 e. The Hall–Kier alpha value is -0.830. The maximum atomic E-state index is 8.72. The van der Waals surface area contributed by atoms with Gasteiger partial charge in [-0.3, -0.25) is 0 Å². The molecular formula is C23H43NO2. The molecule has 0 fully saturated rings. The fourth-order valence-corrected chi connectivity index (χ4v) is 3.41. The van der Waals surface area contributed by atoms with Crippen molar-refractivity contribution in [3.05, 3.63) is 12.2 Å². The first-order valence-electron chi connectivity index (χ1n) is 11.3. The summed E-state index contributed by atoms with van der Waals surface area (Å²) in [6.07, 6.45) is 25.1. The Morgan fingerprint density at radius 1 is 0.808 bits per heavy atom. The number of aliphatic hydroxyl groups is 1. The second-order valence-electron chi connectivity index (χ2n) is 7.80. The molecule has 1 atom stereocenters. The van der Waals surface area contributed by atoms with Crippen LogP contribution in [0.5, 0.6) is 0 Å². The molecule has 0 aliphatic carbocycles. The van der Waals surface area contributed by atoms with E-state index < -0.39 is 0 Å². The van der Waals surface area contributed by atoms with E-state index in [1.54, 1.807) is 0 Å². The highest BCUT2D eigenvalue weighted by Crippen LogP contribution is 2.13. The second kappa shape index (κ2) is 17.6. The predicted octanol–water partition coefficient (Wildman–Crippen LogP) is 6.59. The molecule has 1 aliphatic heterocycles. The van der Waals surface area contributed by atoms with E-state index in [0.717, 1.165) is 25.3 Å². The topological polar surface area (TPSA) is 41.8 Å². The third-order valence-corrected chi connectivity index (χ3v) is 5.06. The molecule has 1 rings (SSSR count). The van der Waals surface area contributed by atoms with Crippen molar-refractivity contribution in [1.82, 2.24) is 0 Å². The van der Waals surface area contributed by atoms with Gasteiger partial charge in [-0.05, 0) is 45.4 Å². The quantitative estimate of drug-likeness (QED) is 0.220. The van der Waals surface area contributed by atoms with Crippen LogP contribution in [0.1, 0.15) is 110 Å². The van der Waals surface area contributed by atoms with Crippen molar-refractivity contribution in [3.8, 4) is 0 Å². The number of hydrogen-bond donors (Lipinski definition) is 1. The highest BCUT2D eigenvalue weighted by molar-refractivity contribution is 5.77. The Kier molecular flexibility index (Phi) is 15.7. The van der Waals surface area contributed by atoms with Crippen LogP contribution in [0.15, 0.2) is 17.1 Å². The van der Waals surface area contributed by atoms with Gasteiger partial charge in [0.05, 0.1) is 6.04 Å². The lowest BCUT2D eigenvalue weighted by Crippen LogP contribution is -2.00. The second-order valence-corrected chi connectivity index (χ2v) is 7.80. The zero-order valence-corrected chi connectivity index (χ0v) is 17.3. The number of hydrogen-bond acceptors (Lipinski definition) is 3. The molecule has 1 aliphatic rings. The smallest absolute Gasteiger partial charge is 0.183 e. The summed E-state index contributed by atoms with van der Waals surface area (Å²) in [4.78, 5) is 4.48. The molecule has 0 aromatic rings. The van der Waals surface area contributed by atoms with Gasteiger partial charge < -0.3 is 9.84 Å². The van der Waals surface area contributed by atoms with E-state index in [-0.39, 0.29) is 0 Å². The molecule has 0 aromatic carbocycles.